The van der Waals surface area contributed by atoms with E-state index in [-0.39, 0.29) is 70.6 Å². The van der Waals surface area contributed by atoms with Crippen LogP contribution in [0.5, 0.6) is 11.5 Å². The first-order valence-electron chi connectivity index (χ1n) is 7.04. The monoisotopic (exact) mass is 376 g/mol. The summed E-state index contributed by atoms with van der Waals surface area (Å²) in [4.78, 5) is 11.6. The Balaban J connectivity index is 0.00000156. The number of aryl methyl sites for hydroxylation is 1. The molecule has 3 rings (SSSR count). The molecule has 6 nitrogen and oxygen atoms in total. The summed E-state index contributed by atoms with van der Waals surface area (Å²) >= 11 is 0. The van der Waals surface area contributed by atoms with Crippen molar-refractivity contribution in [1.82, 2.24) is 15.0 Å². The van der Waals surface area contributed by atoms with Gasteiger partial charge in [-0.2, -0.15) is 0 Å². The molecule has 0 radical (unpaired) electrons. The number of imidazole rings is 1. The topological polar surface area (TPSA) is 90.9 Å². The molecular formula is C16H16N3Na2O3S+. The van der Waals surface area contributed by atoms with Gasteiger partial charge >= 0.3 is 59.1 Å². The number of methoxy groups -OCH3 is 1. The van der Waals surface area contributed by atoms with Crippen LogP contribution in [-0.4, -0.2) is 26.3 Å². The van der Waals surface area contributed by atoms with Crippen molar-refractivity contribution in [2.75, 3.05) is 7.11 Å². The van der Waals surface area contributed by atoms with E-state index in [2.05, 4.69) is 15.0 Å². The van der Waals surface area contributed by atoms with Crippen molar-refractivity contribution in [2.24, 2.45) is 0 Å². The molecule has 1 atom stereocenters. The van der Waals surface area contributed by atoms with Crippen molar-refractivity contribution >= 4 is 21.8 Å². The van der Waals surface area contributed by atoms with E-state index in [1.54, 1.807) is 39.2 Å². The molecule has 0 saturated carbocycles. The van der Waals surface area contributed by atoms with E-state index < -0.39 is 10.8 Å². The Morgan fingerprint density at radius 3 is 2.68 bits per heavy atom. The van der Waals surface area contributed by atoms with Crippen LogP contribution in [0.2, 0.25) is 0 Å². The van der Waals surface area contributed by atoms with Gasteiger partial charge in [-0.15, -0.1) is 0 Å². The number of fused-ring (bicyclic) bond motifs is 1. The summed E-state index contributed by atoms with van der Waals surface area (Å²) in [5.41, 5.74) is 3.14. The SMILES string of the molecule is COc1ccc2nc(S(=O)Cc3ncc(C)c([O-])c3C)[nH]c2c1.[Na+].[Na+]. The zero-order valence-corrected chi connectivity index (χ0v) is 19.9. The number of pyridine rings is 1. The number of nitrogens with zero attached hydrogens (tertiary/aromatic N) is 2. The summed E-state index contributed by atoms with van der Waals surface area (Å²) in [5.74, 6) is 0.796. The zero-order valence-electron chi connectivity index (χ0n) is 15.0. The number of benzene rings is 1. The molecule has 1 aromatic carbocycles. The standard InChI is InChI=1S/C16H17N3O3S.2Na/c1-9-7-17-14(10(2)15(9)20)8-23(21)16-18-12-5-4-11(22-3)6-13(12)19-16;;/h4-7H,8H2,1-3H3,(H,17,20)(H,18,19);;/q;2*+1/p-1. The number of rotatable bonds is 4. The largest absolute Gasteiger partial charge is 1.00 e. The fourth-order valence-corrected chi connectivity index (χ4v) is 3.40. The predicted octanol–water partition coefficient (Wildman–Crippen LogP) is -4.03. The maximum atomic E-state index is 12.5. The van der Waals surface area contributed by atoms with Crippen LogP contribution in [0.4, 0.5) is 0 Å². The molecular weight excluding hydrogens is 360 g/mol. The van der Waals surface area contributed by atoms with Gasteiger partial charge in [0.2, 0.25) is 0 Å². The minimum atomic E-state index is -1.41. The number of aromatic nitrogens is 3. The Hall–Kier alpha value is -0.410. The Kier molecular flexibility index (Phi) is 8.60. The number of hydrogen-bond acceptors (Lipinski definition) is 5. The molecule has 0 aliphatic heterocycles. The maximum Gasteiger partial charge on any atom is 1.00 e. The van der Waals surface area contributed by atoms with Gasteiger partial charge in [0.1, 0.15) is 5.75 Å². The van der Waals surface area contributed by atoms with Gasteiger partial charge in [-0.05, 0) is 37.1 Å². The Morgan fingerprint density at radius 2 is 2.00 bits per heavy atom. The van der Waals surface area contributed by atoms with Crippen LogP contribution in [-0.2, 0) is 16.6 Å². The van der Waals surface area contributed by atoms with E-state index in [1.807, 2.05) is 0 Å². The third kappa shape index (κ3) is 4.86. The van der Waals surface area contributed by atoms with E-state index in [4.69, 9.17) is 4.74 Å². The smallest absolute Gasteiger partial charge is 0.872 e. The van der Waals surface area contributed by atoms with Crippen molar-refractivity contribution in [1.29, 1.82) is 0 Å². The summed E-state index contributed by atoms with van der Waals surface area (Å²) in [6.45, 7) is 3.42. The van der Waals surface area contributed by atoms with E-state index in [1.165, 1.54) is 6.20 Å². The van der Waals surface area contributed by atoms with Crippen molar-refractivity contribution in [3.63, 3.8) is 0 Å². The van der Waals surface area contributed by atoms with Crippen LogP contribution in [0.25, 0.3) is 11.0 Å². The van der Waals surface area contributed by atoms with Gasteiger partial charge in [-0.25, -0.2) is 4.98 Å². The van der Waals surface area contributed by atoms with Gasteiger partial charge in [0.25, 0.3) is 0 Å². The minimum absolute atomic E-state index is 0. The van der Waals surface area contributed by atoms with E-state index >= 15 is 0 Å². The molecule has 0 saturated heterocycles. The van der Waals surface area contributed by atoms with Gasteiger partial charge in [0, 0.05) is 12.3 Å². The third-order valence-electron chi connectivity index (χ3n) is 3.70. The molecule has 120 valence electrons. The molecule has 1 N–H and O–H groups in total. The van der Waals surface area contributed by atoms with Crippen molar-refractivity contribution in [2.45, 2.75) is 24.8 Å². The molecule has 2 aromatic heterocycles. The first-order valence-corrected chi connectivity index (χ1v) is 8.35. The van der Waals surface area contributed by atoms with Crippen LogP contribution >= 0.6 is 0 Å². The minimum Gasteiger partial charge on any atom is -0.872 e. The Morgan fingerprint density at radius 1 is 1.28 bits per heavy atom. The second-order valence-electron chi connectivity index (χ2n) is 5.26. The van der Waals surface area contributed by atoms with Crippen LogP contribution < -0.4 is 69.0 Å². The molecule has 3 aromatic rings. The average molecular weight is 376 g/mol. The molecule has 0 aliphatic carbocycles. The third-order valence-corrected chi connectivity index (χ3v) is 4.86. The summed E-state index contributed by atoms with van der Waals surface area (Å²) in [6, 6.07) is 5.40. The van der Waals surface area contributed by atoms with Crippen LogP contribution in [0.15, 0.2) is 29.6 Å². The molecule has 9 heteroatoms. The molecule has 0 fully saturated rings. The molecule has 1 unspecified atom stereocenters. The van der Waals surface area contributed by atoms with Crippen molar-refractivity contribution in [3.05, 3.63) is 41.2 Å². The van der Waals surface area contributed by atoms with Crippen LogP contribution in [0.1, 0.15) is 16.8 Å². The fourth-order valence-electron chi connectivity index (χ4n) is 2.30. The van der Waals surface area contributed by atoms with Gasteiger partial charge in [0.15, 0.2) is 5.16 Å². The average Bonchev–Trinajstić information content (AvgIpc) is 2.98. The van der Waals surface area contributed by atoms with Gasteiger partial charge in [-0.1, -0.05) is 5.75 Å². The first kappa shape index (κ1) is 22.6. The van der Waals surface area contributed by atoms with Crippen LogP contribution in [0.3, 0.4) is 0 Å². The van der Waals surface area contributed by atoms with Gasteiger partial charge in [-0.3, -0.25) is 9.19 Å². The van der Waals surface area contributed by atoms with E-state index in [0.29, 0.717) is 33.2 Å². The summed E-state index contributed by atoms with van der Waals surface area (Å²) in [5, 5.41) is 12.3. The van der Waals surface area contributed by atoms with Gasteiger partial charge < -0.3 is 14.8 Å². The number of H-pyrrole nitrogens is 1. The number of aromatic amines is 1. The second kappa shape index (κ2) is 9.50. The molecule has 2 heterocycles. The summed E-state index contributed by atoms with van der Waals surface area (Å²) in [7, 11) is 0.177. The normalized spacial score (nSPS) is 11.5. The van der Waals surface area contributed by atoms with Crippen LogP contribution in [0, 0.1) is 13.8 Å². The molecule has 0 amide bonds. The van der Waals surface area contributed by atoms with Gasteiger partial charge in [0.05, 0.1) is 40.4 Å². The maximum absolute atomic E-state index is 12.5. The molecule has 0 aliphatic rings. The summed E-state index contributed by atoms with van der Waals surface area (Å²) in [6.07, 6.45) is 1.52. The fraction of sp³-hybridized carbons (Fsp3) is 0.250. The second-order valence-corrected chi connectivity index (χ2v) is 6.62. The number of ether oxygens (including phenoxy) is 1. The summed E-state index contributed by atoms with van der Waals surface area (Å²) < 4.78 is 17.7. The quantitative estimate of drug-likeness (QED) is 0.469. The molecule has 25 heavy (non-hydrogen) atoms. The Bertz CT molecular complexity index is 915. The molecule has 0 bridgehead atoms. The van der Waals surface area contributed by atoms with E-state index in [0.717, 1.165) is 5.52 Å². The number of nitrogens with one attached hydrogen (secondary N) is 1. The molecule has 0 spiro atoms. The predicted molar refractivity (Wildman–Crippen MR) is 85.9 cm³/mol. The van der Waals surface area contributed by atoms with E-state index in [9.17, 15) is 9.32 Å². The van der Waals surface area contributed by atoms with Crippen molar-refractivity contribution in [3.8, 4) is 11.5 Å². The van der Waals surface area contributed by atoms with Crippen molar-refractivity contribution < 1.29 is 73.2 Å². The first-order chi connectivity index (χ1) is 11.0. The Labute approximate surface area is 192 Å². The number of hydrogen-bond donors (Lipinski definition) is 1. The zero-order chi connectivity index (χ0) is 16.6.